The van der Waals surface area contributed by atoms with Crippen molar-refractivity contribution in [2.24, 2.45) is 25.9 Å². The van der Waals surface area contributed by atoms with Gasteiger partial charge in [0.05, 0.1) is 34.2 Å². The zero-order valence-electron chi connectivity index (χ0n) is 16.9. The Morgan fingerprint density at radius 3 is 2.62 bits per heavy atom. The van der Waals surface area contributed by atoms with Crippen LogP contribution in [0, 0.1) is 5.92 Å². The molecule has 154 valence electrons. The summed E-state index contributed by atoms with van der Waals surface area (Å²) < 4.78 is 0. The minimum atomic E-state index is -1.27. The van der Waals surface area contributed by atoms with Crippen LogP contribution in [0.4, 0.5) is 0 Å². The maximum Gasteiger partial charge on any atom is 0.319 e. The third-order valence-corrected chi connectivity index (χ3v) is 5.96. The number of Topliss-reactive ketones (excluding diaryl/α,β-unsaturated/α-hetero) is 1. The highest BCUT2D eigenvalue weighted by molar-refractivity contribution is 6.29. The zero-order chi connectivity index (χ0) is 22.0. The van der Waals surface area contributed by atoms with Gasteiger partial charge in [-0.05, 0) is 55.4 Å². The summed E-state index contributed by atoms with van der Waals surface area (Å²) in [5, 5.41) is 9.77. The maximum absolute atomic E-state index is 12.9. The van der Waals surface area contributed by atoms with Gasteiger partial charge in [0.25, 0.3) is 0 Å². The lowest BCUT2D eigenvalue weighted by Gasteiger charge is -2.09. The van der Waals surface area contributed by atoms with Crippen molar-refractivity contribution in [3.8, 4) is 0 Å². The normalized spacial score (nSPS) is 24.9. The molecule has 1 N–H and O–H groups in total. The van der Waals surface area contributed by atoms with E-state index < -0.39 is 17.7 Å². The first-order valence-electron chi connectivity index (χ1n) is 10.2. The molecule has 6 rings (SSSR count). The summed E-state index contributed by atoms with van der Waals surface area (Å²) in [6.07, 6.45) is 15.8. The number of hydrogen-bond acceptors (Lipinski definition) is 6. The van der Waals surface area contributed by atoms with E-state index in [2.05, 4.69) is 21.6 Å². The van der Waals surface area contributed by atoms with E-state index in [9.17, 15) is 14.7 Å². The summed E-state index contributed by atoms with van der Waals surface area (Å²) in [5.74, 6) is -2.90. The van der Waals surface area contributed by atoms with E-state index in [0.29, 0.717) is 46.8 Å². The fourth-order valence-corrected chi connectivity index (χ4v) is 4.54. The molecular formula is C25H16N4O3. The number of allylic oxidation sites excluding steroid dienone is 10. The fourth-order valence-electron chi connectivity index (χ4n) is 4.54. The lowest BCUT2D eigenvalue weighted by atomic mass is 9.94. The molecule has 5 aliphatic heterocycles. The average Bonchev–Trinajstić information content (AvgIpc) is 3.54. The third kappa shape index (κ3) is 2.75. The van der Waals surface area contributed by atoms with E-state index in [-0.39, 0.29) is 0 Å². The average molecular weight is 420 g/mol. The number of carboxylic acids is 1. The monoisotopic (exact) mass is 420 g/mol. The Labute approximate surface area is 183 Å². The minimum Gasteiger partial charge on any atom is -0.480 e. The Hall–Kier alpha value is -4.26. The van der Waals surface area contributed by atoms with Crippen LogP contribution in [-0.4, -0.2) is 39.7 Å². The topological polar surface area (TPSA) is 104 Å². The number of carboxylic acid groups (broad SMARTS) is 1. The number of carbonyl (C=O) groups excluding carboxylic acids is 1. The Kier molecular flexibility index (Phi) is 3.83. The Morgan fingerprint density at radius 1 is 0.969 bits per heavy atom. The van der Waals surface area contributed by atoms with E-state index >= 15 is 0 Å². The molecule has 0 aromatic carbocycles. The van der Waals surface area contributed by atoms with Crippen LogP contribution < -0.4 is 0 Å². The van der Waals surface area contributed by atoms with Crippen LogP contribution in [0.15, 0.2) is 115 Å². The first kappa shape index (κ1) is 18.5. The summed E-state index contributed by atoms with van der Waals surface area (Å²) >= 11 is 0. The van der Waals surface area contributed by atoms with Crippen LogP contribution in [0.5, 0.6) is 0 Å². The van der Waals surface area contributed by atoms with E-state index in [1.807, 2.05) is 30.4 Å². The lowest BCUT2D eigenvalue weighted by molar-refractivity contribution is -0.143. The highest BCUT2D eigenvalue weighted by Crippen LogP contribution is 2.41. The molecule has 0 aromatic heterocycles. The number of aliphatic carboxylic acids is 1. The molecule has 0 radical (unpaired) electrons. The number of hydrogen-bond donors (Lipinski definition) is 1. The second-order valence-corrected chi connectivity index (χ2v) is 8.00. The number of fused-ring (bicyclic) bond motifs is 4. The van der Waals surface area contributed by atoms with Gasteiger partial charge in [-0.25, -0.2) is 15.0 Å². The van der Waals surface area contributed by atoms with Gasteiger partial charge in [-0.1, -0.05) is 12.7 Å². The number of carbonyl (C=O) groups is 2. The molecule has 0 aromatic rings. The van der Waals surface area contributed by atoms with Crippen molar-refractivity contribution in [2.45, 2.75) is 12.8 Å². The van der Waals surface area contributed by atoms with Gasteiger partial charge < -0.3 is 5.11 Å². The Morgan fingerprint density at radius 2 is 1.81 bits per heavy atom. The summed E-state index contributed by atoms with van der Waals surface area (Å²) in [5.41, 5.74) is 6.95. The van der Waals surface area contributed by atoms with Crippen molar-refractivity contribution in [3.05, 3.63) is 94.7 Å². The molecule has 0 unspecified atom stereocenters. The summed E-state index contributed by atoms with van der Waals surface area (Å²) in [6, 6.07) is 0. The lowest BCUT2D eigenvalue weighted by Crippen LogP contribution is -2.25. The van der Waals surface area contributed by atoms with Gasteiger partial charge in [0, 0.05) is 28.1 Å². The van der Waals surface area contributed by atoms with E-state index in [4.69, 9.17) is 4.99 Å². The first-order chi connectivity index (χ1) is 15.5. The zero-order valence-corrected chi connectivity index (χ0v) is 16.9. The number of aliphatic imine (C=N–C) groups is 4. The minimum absolute atomic E-state index is 0.332. The van der Waals surface area contributed by atoms with E-state index in [0.717, 1.165) is 28.4 Å². The Balaban J connectivity index is 1.58. The third-order valence-electron chi connectivity index (χ3n) is 5.96. The highest BCUT2D eigenvalue weighted by atomic mass is 16.4. The van der Waals surface area contributed by atoms with E-state index in [1.54, 1.807) is 18.2 Å². The van der Waals surface area contributed by atoms with Gasteiger partial charge in [0.2, 0.25) is 0 Å². The molecule has 1 aliphatic carbocycles. The fraction of sp³-hybridized carbons (Fsp3) is 0.120. The molecule has 32 heavy (non-hydrogen) atoms. The molecule has 0 saturated carbocycles. The summed E-state index contributed by atoms with van der Waals surface area (Å²) in [7, 11) is 0. The smallest absolute Gasteiger partial charge is 0.319 e. The second-order valence-electron chi connectivity index (χ2n) is 8.00. The second kappa shape index (κ2) is 6.62. The molecule has 0 fully saturated rings. The molecule has 0 amide bonds. The molecule has 8 bridgehead atoms. The SMILES string of the molecule is C=CC1=CC2=NC1=CC1=NC(=CC3=NC4=C(C5=NC(=C2)CC5)[C@@H](C(=O)O)C(=O)C4=C3)C=C1. The van der Waals surface area contributed by atoms with Crippen molar-refractivity contribution in [2.75, 3.05) is 0 Å². The van der Waals surface area contributed by atoms with Crippen LogP contribution in [0.2, 0.25) is 0 Å². The number of rotatable bonds is 2. The van der Waals surface area contributed by atoms with Crippen molar-refractivity contribution in [3.63, 3.8) is 0 Å². The molecular weight excluding hydrogens is 404 g/mol. The predicted octanol–water partition coefficient (Wildman–Crippen LogP) is 3.38. The van der Waals surface area contributed by atoms with Crippen LogP contribution in [0.3, 0.4) is 0 Å². The van der Waals surface area contributed by atoms with Gasteiger partial charge in [-0.15, -0.1) is 0 Å². The van der Waals surface area contributed by atoms with Crippen molar-refractivity contribution in [1.29, 1.82) is 0 Å². The molecule has 1 atom stereocenters. The van der Waals surface area contributed by atoms with Gasteiger partial charge in [0.1, 0.15) is 5.92 Å². The number of ketones is 1. The maximum atomic E-state index is 12.9. The quantitative estimate of drug-likeness (QED) is 0.693. The van der Waals surface area contributed by atoms with Gasteiger partial charge in [-0.3, -0.25) is 14.6 Å². The van der Waals surface area contributed by atoms with Crippen LogP contribution in [0.25, 0.3) is 0 Å². The van der Waals surface area contributed by atoms with Gasteiger partial charge in [-0.2, -0.15) is 0 Å². The summed E-state index contributed by atoms with van der Waals surface area (Å²) in [6.45, 7) is 3.88. The molecule has 7 heteroatoms. The van der Waals surface area contributed by atoms with Crippen molar-refractivity contribution < 1.29 is 14.7 Å². The Bertz CT molecular complexity index is 1410. The van der Waals surface area contributed by atoms with Crippen molar-refractivity contribution >= 4 is 34.6 Å². The largest absolute Gasteiger partial charge is 0.480 e. The number of nitrogens with zero attached hydrogens (tertiary/aromatic N) is 4. The van der Waals surface area contributed by atoms with E-state index in [1.165, 1.54) is 0 Å². The van der Waals surface area contributed by atoms with Crippen LogP contribution in [0.1, 0.15) is 12.8 Å². The summed E-state index contributed by atoms with van der Waals surface area (Å²) in [4.78, 5) is 43.5. The van der Waals surface area contributed by atoms with Gasteiger partial charge >= 0.3 is 5.97 Å². The predicted molar refractivity (Wildman–Crippen MR) is 122 cm³/mol. The van der Waals surface area contributed by atoms with Crippen LogP contribution >= 0.6 is 0 Å². The van der Waals surface area contributed by atoms with Gasteiger partial charge in [0.15, 0.2) is 5.78 Å². The molecule has 7 nitrogen and oxygen atoms in total. The first-order valence-corrected chi connectivity index (χ1v) is 10.2. The standard InChI is InChI=1S/C25H16N4O3/c1-2-12-7-16-9-14-5-6-19(27-14)21-22(25(31)32)24(30)18-10-17(29-23(18)21)8-13-3-4-15(26-13)11-20(12)28-16/h2-4,7-11,22H,1,5-6H2,(H,31,32)/t22-/m1/s1. The molecule has 6 aliphatic rings. The molecule has 5 heterocycles. The van der Waals surface area contributed by atoms with Crippen molar-refractivity contribution in [1.82, 2.24) is 0 Å². The highest BCUT2D eigenvalue weighted by Gasteiger charge is 2.46. The molecule has 0 spiro atoms. The van der Waals surface area contributed by atoms with Crippen LogP contribution in [-0.2, 0) is 9.59 Å². The molecule has 0 saturated heterocycles.